The number of hydrogen-bond donors (Lipinski definition) is 1. The molecule has 0 unspecified atom stereocenters. The summed E-state index contributed by atoms with van der Waals surface area (Å²) < 4.78 is 7.76. The second-order valence-electron chi connectivity index (χ2n) is 5.28. The lowest BCUT2D eigenvalue weighted by atomic mass is 9.87. The van der Waals surface area contributed by atoms with E-state index in [-0.39, 0.29) is 12.0 Å². The van der Waals surface area contributed by atoms with Crippen LogP contribution in [-0.2, 0) is 22.7 Å². The van der Waals surface area contributed by atoms with Crippen LogP contribution in [0.4, 0.5) is 0 Å². The van der Waals surface area contributed by atoms with E-state index in [9.17, 15) is 4.79 Å². The van der Waals surface area contributed by atoms with Gasteiger partial charge >= 0.3 is 5.97 Å². The fourth-order valence-electron chi connectivity index (χ4n) is 2.68. The van der Waals surface area contributed by atoms with Gasteiger partial charge in [0.25, 0.3) is 0 Å². The van der Waals surface area contributed by atoms with Gasteiger partial charge in [-0.1, -0.05) is 11.6 Å². The minimum absolute atomic E-state index is 0.127. The molecule has 1 saturated carbocycles. The summed E-state index contributed by atoms with van der Waals surface area (Å²) in [6.45, 7) is 5.11. The zero-order valence-electron chi connectivity index (χ0n) is 11.9. The molecule has 1 heterocycles. The maximum absolute atomic E-state index is 10.9. The normalized spacial score (nSPS) is 22.9. The number of rotatable bonds is 5. The Hall–Kier alpha value is -1.07. The van der Waals surface area contributed by atoms with Gasteiger partial charge in [0.2, 0.25) is 0 Å². The van der Waals surface area contributed by atoms with Gasteiger partial charge in [0, 0.05) is 6.54 Å². The Kier molecular flexibility index (Phi) is 5.05. The van der Waals surface area contributed by atoms with Crippen LogP contribution < -0.4 is 0 Å². The first kappa shape index (κ1) is 15.3. The van der Waals surface area contributed by atoms with Gasteiger partial charge in [-0.2, -0.15) is 5.10 Å². The molecule has 0 aromatic carbocycles. The first-order valence-corrected chi connectivity index (χ1v) is 7.46. The lowest BCUT2D eigenvalue weighted by molar-refractivity contribution is -0.143. The molecule has 0 spiro atoms. The number of aryl methyl sites for hydroxylation is 2. The number of hydrogen-bond acceptors (Lipinski definition) is 3. The Morgan fingerprint density at radius 3 is 2.65 bits per heavy atom. The number of nitrogens with zero attached hydrogens (tertiary/aromatic N) is 2. The number of carboxylic acids is 1. The van der Waals surface area contributed by atoms with Gasteiger partial charge in [-0.3, -0.25) is 9.48 Å². The first-order chi connectivity index (χ1) is 9.52. The second kappa shape index (κ2) is 6.59. The highest BCUT2D eigenvalue weighted by molar-refractivity contribution is 6.31. The fraction of sp³-hybridized carbons (Fsp3) is 0.714. The van der Waals surface area contributed by atoms with Crippen LogP contribution >= 0.6 is 11.6 Å². The zero-order valence-corrected chi connectivity index (χ0v) is 12.7. The van der Waals surface area contributed by atoms with E-state index in [1.807, 2.05) is 18.5 Å². The molecule has 0 aliphatic heterocycles. The molecule has 112 valence electrons. The van der Waals surface area contributed by atoms with Crippen molar-refractivity contribution in [3.8, 4) is 0 Å². The van der Waals surface area contributed by atoms with Gasteiger partial charge < -0.3 is 9.84 Å². The number of carbonyl (C=O) groups is 1. The third kappa shape index (κ3) is 3.33. The Labute approximate surface area is 123 Å². The number of aliphatic carboxylic acids is 1. The van der Waals surface area contributed by atoms with Gasteiger partial charge in [0.05, 0.1) is 35.0 Å². The summed E-state index contributed by atoms with van der Waals surface area (Å²) in [5.41, 5.74) is 1.73. The van der Waals surface area contributed by atoms with Crippen molar-refractivity contribution in [2.24, 2.45) is 5.92 Å². The van der Waals surface area contributed by atoms with E-state index in [0.29, 0.717) is 24.5 Å². The van der Waals surface area contributed by atoms with Crippen molar-refractivity contribution < 1.29 is 14.6 Å². The molecule has 6 heteroatoms. The smallest absolute Gasteiger partial charge is 0.306 e. The third-order valence-electron chi connectivity index (χ3n) is 3.93. The molecule has 1 aliphatic rings. The van der Waals surface area contributed by atoms with Crippen molar-refractivity contribution in [3.05, 3.63) is 16.4 Å². The molecule has 0 saturated heterocycles. The summed E-state index contributed by atoms with van der Waals surface area (Å²) in [6.07, 6.45) is 3.11. The van der Waals surface area contributed by atoms with E-state index < -0.39 is 5.97 Å². The van der Waals surface area contributed by atoms with E-state index in [2.05, 4.69) is 5.10 Å². The van der Waals surface area contributed by atoms with Gasteiger partial charge in [0.15, 0.2) is 0 Å². The van der Waals surface area contributed by atoms with Crippen LogP contribution in [0.3, 0.4) is 0 Å². The summed E-state index contributed by atoms with van der Waals surface area (Å²) in [5, 5.41) is 14.0. The maximum atomic E-state index is 10.9. The Morgan fingerprint density at radius 1 is 1.45 bits per heavy atom. The summed E-state index contributed by atoms with van der Waals surface area (Å²) in [7, 11) is 0. The molecule has 5 nitrogen and oxygen atoms in total. The molecule has 0 bridgehead atoms. The molecular weight excluding hydrogens is 280 g/mol. The van der Waals surface area contributed by atoms with E-state index in [0.717, 1.165) is 30.8 Å². The molecule has 2 rings (SSSR count). The Balaban J connectivity index is 1.89. The summed E-state index contributed by atoms with van der Waals surface area (Å²) in [5.74, 6) is -0.895. The number of ether oxygens (including phenoxy) is 1. The van der Waals surface area contributed by atoms with Crippen molar-refractivity contribution in [3.63, 3.8) is 0 Å². The predicted molar refractivity (Wildman–Crippen MR) is 75.8 cm³/mol. The van der Waals surface area contributed by atoms with Gasteiger partial charge in [-0.05, 0) is 39.5 Å². The summed E-state index contributed by atoms with van der Waals surface area (Å²) >= 11 is 6.23. The molecule has 20 heavy (non-hydrogen) atoms. The van der Waals surface area contributed by atoms with Crippen molar-refractivity contribution in [2.45, 2.75) is 58.8 Å². The van der Waals surface area contributed by atoms with E-state index in [4.69, 9.17) is 21.4 Å². The maximum Gasteiger partial charge on any atom is 0.306 e. The predicted octanol–water partition coefficient (Wildman–Crippen LogP) is 3.02. The van der Waals surface area contributed by atoms with Crippen molar-refractivity contribution in [1.29, 1.82) is 0 Å². The van der Waals surface area contributed by atoms with Crippen LogP contribution in [0.1, 0.15) is 44.0 Å². The highest BCUT2D eigenvalue weighted by atomic mass is 35.5. The lowest BCUT2D eigenvalue weighted by Crippen LogP contribution is -2.26. The summed E-state index contributed by atoms with van der Waals surface area (Å²) in [4.78, 5) is 10.9. The minimum atomic E-state index is -0.689. The average molecular weight is 301 g/mol. The molecule has 1 aromatic rings. The largest absolute Gasteiger partial charge is 0.481 e. The van der Waals surface area contributed by atoms with Gasteiger partial charge in [-0.25, -0.2) is 0 Å². The monoisotopic (exact) mass is 300 g/mol. The molecule has 0 atom stereocenters. The number of carboxylic acid groups (broad SMARTS) is 1. The molecular formula is C14H21ClN2O3. The molecule has 1 fully saturated rings. The number of aromatic nitrogens is 2. The third-order valence-corrected chi connectivity index (χ3v) is 4.42. The van der Waals surface area contributed by atoms with E-state index in [1.54, 1.807) is 0 Å². The average Bonchev–Trinajstić information content (AvgIpc) is 2.72. The molecule has 1 aliphatic carbocycles. The van der Waals surface area contributed by atoms with Crippen LogP contribution in [-0.4, -0.2) is 27.0 Å². The van der Waals surface area contributed by atoms with Crippen molar-refractivity contribution >= 4 is 17.6 Å². The van der Waals surface area contributed by atoms with Crippen LogP contribution in [0.25, 0.3) is 0 Å². The Morgan fingerprint density at radius 2 is 2.10 bits per heavy atom. The summed E-state index contributed by atoms with van der Waals surface area (Å²) in [6, 6.07) is 0. The van der Waals surface area contributed by atoms with Crippen LogP contribution in [0.15, 0.2) is 0 Å². The van der Waals surface area contributed by atoms with Crippen LogP contribution in [0.2, 0.25) is 5.02 Å². The van der Waals surface area contributed by atoms with E-state index in [1.165, 1.54) is 0 Å². The zero-order chi connectivity index (χ0) is 14.7. The molecule has 1 N–H and O–H groups in total. The molecule has 1 aromatic heterocycles. The minimum Gasteiger partial charge on any atom is -0.481 e. The van der Waals surface area contributed by atoms with Crippen LogP contribution in [0.5, 0.6) is 0 Å². The van der Waals surface area contributed by atoms with Gasteiger partial charge in [-0.15, -0.1) is 0 Å². The van der Waals surface area contributed by atoms with E-state index >= 15 is 0 Å². The molecule has 0 amide bonds. The SMILES string of the molecule is CCn1nc(C)c(Cl)c1COC1CCC(C(=O)O)CC1. The quantitative estimate of drug-likeness (QED) is 0.908. The van der Waals surface area contributed by atoms with Crippen LogP contribution in [0, 0.1) is 12.8 Å². The number of halogens is 1. The Bertz CT molecular complexity index is 479. The lowest BCUT2D eigenvalue weighted by Gasteiger charge is -2.26. The highest BCUT2D eigenvalue weighted by Gasteiger charge is 2.26. The molecule has 0 radical (unpaired) electrons. The second-order valence-corrected chi connectivity index (χ2v) is 5.66. The van der Waals surface area contributed by atoms with Gasteiger partial charge in [0.1, 0.15) is 0 Å². The fourth-order valence-corrected chi connectivity index (χ4v) is 2.87. The van der Waals surface area contributed by atoms with Crippen molar-refractivity contribution in [2.75, 3.05) is 0 Å². The highest BCUT2D eigenvalue weighted by Crippen LogP contribution is 2.28. The topological polar surface area (TPSA) is 64.4 Å². The first-order valence-electron chi connectivity index (χ1n) is 7.09. The van der Waals surface area contributed by atoms with Crippen molar-refractivity contribution in [1.82, 2.24) is 9.78 Å². The standard InChI is InChI=1S/C14H21ClN2O3/c1-3-17-12(13(15)9(2)16-17)8-20-11-6-4-10(5-7-11)14(18)19/h10-11H,3-8H2,1-2H3,(H,18,19).